The molecule has 0 aliphatic carbocycles. The number of pyridine rings is 1. The second-order valence-electron chi connectivity index (χ2n) is 4.41. The fourth-order valence-corrected chi connectivity index (χ4v) is 1.53. The first kappa shape index (κ1) is 17.4. The van der Waals surface area contributed by atoms with E-state index >= 15 is 0 Å². The normalized spacial score (nSPS) is 9.47. The molecule has 0 aliphatic rings. The summed E-state index contributed by atoms with van der Waals surface area (Å²) in [5.74, 6) is 0.419. The number of aromatic nitrogens is 1. The van der Waals surface area contributed by atoms with Gasteiger partial charge in [-0.3, -0.25) is 4.79 Å². The van der Waals surface area contributed by atoms with Crippen LogP contribution in [0.25, 0.3) is 0 Å². The van der Waals surface area contributed by atoms with Crippen LogP contribution >= 0.6 is 0 Å². The van der Waals surface area contributed by atoms with E-state index in [0.29, 0.717) is 5.56 Å². The smallest absolute Gasteiger partial charge is 0.248 e. The molecule has 2 N–H and O–H groups in total. The number of rotatable bonds is 6. The number of carbonyl (C=O) groups excluding carboxylic acids is 1. The number of amides is 1. The minimum Gasteiger partial charge on any atom is -0.366 e. The van der Waals surface area contributed by atoms with E-state index in [4.69, 9.17) is 5.73 Å². The molecule has 0 saturated heterocycles. The van der Waals surface area contributed by atoms with Crippen molar-refractivity contribution in [3.8, 4) is 0 Å². The van der Waals surface area contributed by atoms with Crippen molar-refractivity contribution in [3.63, 3.8) is 0 Å². The van der Waals surface area contributed by atoms with Gasteiger partial charge in [0.1, 0.15) is 5.82 Å². The molecule has 108 valence electrons. The zero-order valence-electron chi connectivity index (χ0n) is 12.6. The van der Waals surface area contributed by atoms with Crippen LogP contribution in [0.4, 0.5) is 5.82 Å². The third-order valence-electron chi connectivity index (χ3n) is 2.52. The van der Waals surface area contributed by atoms with Crippen molar-refractivity contribution in [2.45, 2.75) is 47.0 Å². The zero-order valence-corrected chi connectivity index (χ0v) is 12.6. The van der Waals surface area contributed by atoms with Crippen molar-refractivity contribution >= 4 is 11.7 Å². The van der Waals surface area contributed by atoms with Gasteiger partial charge in [0.25, 0.3) is 0 Å². The Morgan fingerprint density at radius 1 is 1.32 bits per heavy atom. The van der Waals surface area contributed by atoms with E-state index in [-0.39, 0.29) is 0 Å². The summed E-state index contributed by atoms with van der Waals surface area (Å²) in [5.41, 5.74) is 5.75. The molecular weight excluding hydrogens is 238 g/mol. The molecule has 1 aromatic heterocycles. The molecule has 0 spiro atoms. The van der Waals surface area contributed by atoms with Crippen molar-refractivity contribution in [2.75, 3.05) is 18.0 Å². The Kier molecular flexibility index (Phi) is 9.49. The Morgan fingerprint density at radius 3 is 2.42 bits per heavy atom. The molecule has 1 amide bonds. The van der Waals surface area contributed by atoms with E-state index in [1.54, 1.807) is 18.3 Å². The number of hydrogen-bond donors (Lipinski definition) is 1. The Labute approximate surface area is 117 Å². The minimum atomic E-state index is -0.407. The van der Waals surface area contributed by atoms with Gasteiger partial charge in [-0.05, 0) is 25.5 Å². The number of anilines is 1. The molecule has 0 atom stereocenters. The first-order chi connectivity index (χ1) is 9.10. The van der Waals surface area contributed by atoms with Gasteiger partial charge in [0, 0.05) is 24.8 Å². The van der Waals surface area contributed by atoms with Crippen LogP contribution in [0.1, 0.15) is 57.3 Å². The number of unbranched alkanes of at least 4 members (excludes halogenated alkanes) is 1. The Hall–Kier alpha value is -1.58. The van der Waals surface area contributed by atoms with Gasteiger partial charge >= 0.3 is 0 Å². The minimum absolute atomic E-state index is 0.407. The van der Waals surface area contributed by atoms with Crippen LogP contribution in [0.3, 0.4) is 0 Å². The van der Waals surface area contributed by atoms with Gasteiger partial charge in [0.2, 0.25) is 5.91 Å². The highest BCUT2D eigenvalue weighted by molar-refractivity contribution is 5.93. The average molecular weight is 265 g/mol. The lowest BCUT2D eigenvalue weighted by atomic mass is 10.2. The Bertz CT molecular complexity index is 366. The first-order valence-corrected chi connectivity index (χ1v) is 7.11. The third-order valence-corrected chi connectivity index (χ3v) is 2.52. The summed E-state index contributed by atoms with van der Waals surface area (Å²) in [4.78, 5) is 17.5. The van der Waals surface area contributed by atoms with Gasteiger partial charge in [-0.15, -0.1) is 0 Å². The topological polar surface area (TPSA) is 59.2 Å². The van der Waals surface area contributed by atoms with Gasteiger partial charge < -0.3 is 10.6 Å². The maximum atomic E-state index is 11.1. The lowest BCUT2D eigenvalue weighted by molar-refractivity contribution is 0.1000. The molecule has 1 aromatic rings. The van der Waals surface area contributed by atoms with Crippen LogP contribution in [0.2, 0.25) is 0 Å². The Morgan fingerprint density at radius 2 is 1.95 bits per heavy atom. The van der Waals surface area contributed by atoms with Gasteiger partial charge in [-0.25, -0.2) is 4.98 Å². The van der Waals surface area contributed by atoms with Crippen molar-refractivity contribution < 1.29 is 4.79 Å². The molecule has 4 nitrogen and oxygen atoms in total. The number of nitrogens with two attached hydrogens (primary N) is 1. The standard InChI is InChI=1S/C12H19N3O.C3H8/c1-3-5-8-15(4-2)11-9-10(12(13)16)6-7-14-11;1-3-2/h6-7,9H,3-5,8H2,1-2H3,(H2,13,16);3H2,1-2H3. The summed E-state index contributed by atoms with van der Waals surface area (Å²) < 4.78 is 0. The van der Waals surface area contributed by atoms with Gasteiger partial charge in [-0.2, -0.15) is 0 Å². The van der Waals surface area contributed by atoms with Gasteiger partial charge in [0.05, 0.1) is 0 Å². The second-order valence-corrected chi connectivity index (χ2v) is 4.41. The van der Waals surface area contributed by atoms with Crippen LogP contribution in [0, 0.1) is 0 Å². The maximum Gasteiger partial charge on any atom is 0.248 e. The summed E-state index contributed by atoms with van der Waals surface area (Å²) >= 11 is 0. The average Bonchev–Trinajstić information content (AvgIpc) is 2.41. The molecule has 19 heavy (non-hydrogen) atoms. The highest BCUT2D eigenvalue weighted by atomic mass is 16.1. The molecular formula is C15H27N3O. The maximum absolute atomic E-state index is 11.1. The number of nitrogens with zero attached hydrogens (tertiary/aromatic N) is 2. The van der Waals surface area contributed by atoms with Gasteiger partial charge in [0.15, 0.2) is 0 Å². The summed E-state index contributed by atoms with van der Waals surface area (Å²) in [6, 6.07) is 3.39. The zero-order chi connectivity index (χ0) is 14.7. The van der Waals surface area contributed by atoms with Crippen LogP contribution in [0.15, 0.2) is 18.3 Å². The molecule has 0 aliphatic heterocycles. The molecule has 4 heteroatoms. The fourth-order valence-electron chi connectivity index (χ4n) is 1.53. The van der Waals surface area contributed by atoms with Crippen LogP contribution in [-0.2, 0) is 0 Å². The van der Waals surface area contributed by atoms with E-state index in [1.807, 2.05) is 0 Å². The predicted molar refractivity (Wildman–Crippen MR) is 81.5 cm³/mol. The molecule has 0 fully saturated rings. The Balaban J connectivity index is 0.000000982. The molecule has 0 saturated carbocycles. The van der Waals surface area contributed by atoms with E-state index in [0.717, 1.165) is 31.7 Å². The molecule has 0 radical (unpaired) electrons. The van der Waals surface area contributed by atoms with Crippen LogP contribution in [-0.4, -0.2) is 24.0 Å². The van der Waals surface area contributed by atoms with Crippen LogP contribution < -0.4 is 10.6 Å². The third kappa shape index (κ3) is 6.79. The number of primary amides is 1. The SMILES string of the molecule is CCC.CCCCN(CC)c1cc(C(N)=O)ccn1. The van der Waals surface area contributed by atoms with E-state index in [1.165, 1.54) is 6.42 Å². The van der Waals surface area contributed by atoms with Gasteiger partial charge in [-0.1, -0.05) is 33.6 Å². The van der Waals surface area contributed by atoms with E-state index in [9.17, 15) is 4.79 Å². The van der Waals surface area contributed by atoms with Crippen molar-refractivity contribution in [1.82, 2.24) is 4.98 Å². The summed E-state index contributed by atoms with van der Waals surface area (Å²) in [6.45, 7) is 10.3. The second kappa shape index (κ2) is 10.4. The largest absolute Gasteiger partial charge is 0.366 e. The quantitative estimate of drug-likeness (QED) is 0.859. The fraction of sp³-hybridized carbons (Fsp3) is 0.600. The molecule has 1 heterocycles. The van der Waals surface area contributed by atoms with Crippen molar-refractivity contribution in [3.05, 3.63) is 23.9 Å². The number of hydrogen-bond acceptors (Lipinski definition) is 3. The summed E-state index contributed by atoms with van der Waals surface area (Å²) in [5, 5.41) is 0. The highest BCUT2D eigenvalue weighted by Gasteiger charge is 2.07. The first-order valence-electron chi connectivity index (χ1n) is 7.11. The number of carbonyl (C=O) groups is 1. The lowest BCUT2D eigenvalue weighted by Gasteiger charge is -2.21. The molecule has 0 aromatic carbocycles. The predicted octanol–water partition coefficient (Wildman–Crippen LogP) is 3.22. The molecule has 0 bridgehead atoms. The summed E-state index contributed by atoms with van der Waals surface area (Å²) in [6.07, 6.45) is 5.15. The monoisotopic (exact) mass is 265 g/mol. The van der Waals surface area contributed by atoms with Crippen LogP contribution in [0.5, 0.6) is 0 Å². The van der Waals surface area contributed by atoms with E-state index < -0.39 is 5.91 Å². The highest BCUT2D eigenvalue weighted by Crippen LogP contribution is 2.13. The lowest BCUT2D eigenvalue weighted by Crippen LogP contribution is -2.25. The molecule has 0 unspecified atom stereocenters. The molecule has 1 rings (SSSR count). The van der Waals surface area contributed by atoms with E-state index in [2.05, 4.69) is 37.6 Å². The van der Waals surface area contributed by atoms with Crippen molar-refractivity contribution in [2.24, 2.45) is 5.73 Å². The van der Waals surface area contributed by atoms with Crippen molar-refractivity contribution in [1.29, 1.82) is 0 Å². The summed E-state index contributed by atoms with van der Waals surface area (Å²) in [7, 11) is 0.